The van der Waals surface area contributed by atoms with Crippen LogP contribution in [-0.4, -0.2) is 29.1 Å². The Morgan fingerprint density at radius 1 is 1.23 bits per heavy atom. The van der Waals surface area contributed by atoms with E-state index in [1.165, 1.54) is 6.07 Å². The fraction of sp³-hybridized carbons (Fsp3) is 0.312. The molecule has 0 spiro atoms. The van der Waals surface area contributed by atoms with E-state index in [4.69, 9.17) is 4.74 Å². The standard InChI is InChI=1S/C16H15BrF2N2O/c17-13-4-1-3-11(16(13)19)9-21-8-7-12(10-21)22-15-6-2-5-14(18)20-15/h1-6,12H,7-10H2. The summed E-state index contributed by atoms with van der Waals surface area (Å²) < 4.78 is 33.2. The Kier molecular flexibility index (Phi) is 4.69. The molecular formula is C16H15BrF2N2O. The number of aromatic nitrogens is 1. The summed E-state index contributed by atoms with van der Waals surface area (Å²) in [5, 5.41) is 0. The van der Waals surface area contributed by atoms with Crippen LogP contribution in [0.5, 0.6) is 5.88 Å². The van der Waals surface area contributed by atoms with Gasteiger partial charge in [-0.2, -0.15) is 9.37 Å². The van der Waals surface area contributed by atoms with Gasteiger partial charge in [-0.05, 0) is 34.5 Å². The molecule has 1 atom stereocenters. The molecule has 3 rings (SSSR count). The average Bonchev–Trinajstić information content (AvgIpc) is 2.91. The van der Waals surface area contributed by atoms with E-state index < -0.39 is 5.95 Å². The van der Waals surface area contributed by atoms with Crippen LogP contribution in [-0.2, 0) is 6.54 Å². The summed E-state index contributed by atoms with van der Waals surface area (Å²) in [4.78, 5) is 5.82. The first-order valence-electron chi connectivity index (χ1n) is 7.06. The zero-order valence-corrected chi connectivity index (χ0v) is 13.4. The highest BCUT2D eigenvalue weighted by atomic mass is 79.9. The van der Waals surface area contributed by atoms with Crippen LogP contribution in [0, 0.1) is 11.8 Å². The molecule has 0 aliphatic carbocycles. The lowest BCUT2D eigenvalue weighted by atomic mass is 10.2. The molecule has 2 aromatic rings. The van der Waals surface area contributed by atoms with E-state index in [0.717, 1.165) is 13.0 Å². The normalized spacial score (nSPS) is 18.6. The van der Waals surface area contributed by atoms with Crippen molar-refractivity contribution >= 4 is 15.9 Å². The first-order chi connectivity index (χ1) is 10.6. The number of hydrogen-bond acceptors (Lipinski definition) is 3. The summed E-state index contributed by atoms with van der Waals surface area (Å²) in [6, 6.07) is 9.78. The fourth-order valence-corrected chi connectivity index (χ4v) is 2.98. The summed E-state index contributed by atoms with van der Waals surface area (Å²) in [6.07, 6.45) is 0.762. The molecule has 1 unspecified atom stereocenters. The Morgan fingerprint density at radius 3 is 2.86 bits per heavy atom. The second kappa shape index (κ2) is 6.71. The predicted molar refractivity (Wildman–Crippen MR) is 82.6 cm³/mol. The highest BCUT2D eigenvalue weighted by molar-refractivity contribution is 9.10. The van der Waals surface area contributed by atoms with Gasteiger partial charge in [0.05, 0.1) is 4.47 Å². The van der Waals surface area contributed by atoms with Gasteiger partial charge in [0.15, 0.2) is 0 Å². The summed E-state index contributed by atoms with van der Waals surface area (Å²) >= 11 is 3.20. The summed E-state index contributed by atoms with van der Waals surface area (Å²) in [7, 11) is 0. The van der Waals surface area contributed by atoms with Crippen LogP contribution in [0.25, 0.3) is 0 Å². The second-order valence-electron chi connectivity index (χ2n) is 5.28. The molecule has 0 radical (unpaired) electrons. The Morgan fingerprint density at radius 2 is 2.05 bits per heavy atom. The number of hydrogen-bond donors (Lipinski definition) is 0. The largest absolute Gasteiger partial charge is 0.473 e. The van der Waals surface area contributed by atoms with Crippen molar-refractivity contribution in [2.75, 3.05) is 13.1 Å². The monoisotopic (exact) mass is 368 g/mol. The van der Waals surface area contributed by atoms with Crippen LogP contribution >= 0.6 is 15.9 Å². The summed E-state index contributed by atoms with van der Waals surface area (Å²) in [5.41, 5.74) is 0.652. The zero-order valence-electron chi connectivity index (χ0n) is 11.8. The quantitative estimate of drug-likeness (QED) is 0.768. The van der Waals surface area contributed by atoms with E-state index in [-0.39, 0.29) is 11.9 Å². The van der Waals surface area contributed by atoms with Gasteiger partial charge in [-0.15, -0.1) is 0 Å². The molecule has 1 fully saturated rings. The van der Waals surface area contributed by atoms with Crippen LogP contribution < -0.4 is 4.74 Å². The van der Waals surface area contributed by atoms with Gasteiger partial charge in [-0.1, -0.05) is 18.2 Å². The first kappa shape index (κ1) is 15.4. The van der Waals surface area contributed by atoms with Crippen molar-refractivity contribution < 1.29 is 13.5 Å². The van der Waals surface area contributed by atoms with Gasteiger partial charge in [0.1, 0.15) is 11.9 Å². The highest BCUT2D eigenvalue weighted by Crippen LogP contribution is 2.23. The van der Waals surface area contributed by atoms with Crippen LogP contribution in [0.2, 0.25) is 0 Å². The predicted octanol–water partition coefficient (Wildman–Crippen LogP) is 3.78. The summed E-state index contributed by atoms with van der Waals surface area (Å²) in [6.45, 7) is 2.01. The van der Waals surface area contributed by atoms with E-state index in [9.17, 15) is 8.78 Å². The molecule has 116 valence electrons. The molecule has 0 bridgehead atoms. The molecule has 1 aromatic heterocycles. The third-order valence-electron chi connectivity index (χ3n) is 3.63. The average molecular weight is 369 g/mol. The Balaban J connectivity index is 1.59. The lowest BCUT2D eigenvalue weighted by Crippen LogP contribution is -2.25. The van der Waals surface area contributed by atoms with E-state index in [2.05, 4.69) is 25.8 Å². The number of pyridine rings is 1. The Bertz CT molecular complexity index is 668. The molecule has 0 saturated carbocycles. The number of rotatable bonds is 4. The minimum atomic E-state index is -0.552. The topological polar surface area (TPSA) is 25.4 Å². The van der Waals surface area contributed by atoms with Gasteiger partial charge in [-0.3, -0.25) is 4.90 Å². The lowest BCUT2D eigenvalue weighted by molar-refractivity contribution is 0.189. The third-order valence-corrected chi connectivity index (χ3v) is 4.24. The molecule has 1 saturated heterocycles. The van der Waals surface area contributed by atoms with Crippen LogP contribution in [0.1, 0.15) is 12.0 Å². The van der Waals surface area contributed by atoms with E-state index in [1.54, 1.807) is 24.3 Å². The molecule has 1 aliphatic heterocycles. The SMILES string of the molecule is Fc1cccc(OC2CCN(Cc3cccc(Br)c3F)C2)n1. The van der Waals surface area contributed by atoms with Gasteiger partial charge in [0, 0.05) is 31.3 Å². The molecular weight excluding hydrogens is 354 g/mol. The van der Waals surface area contributed by atoms with Crippen molar-refractivity contribution in [2.24, 2.45) is 0 Å². The van der Waals surface area contributed by atoms with Crippen molar-refractivity contribution in [1.29, 1.82) is 0 Å². The van der Waals surface area contributed by atoms with Gasteiger partial charge in [0.25, 0.3) is 0 Å². The van der Waals surface area contributed by atoms with Crippen molar-refractivity contribution in [3.8, 4) is 5.88 Å². The maximum Gasteiger partial charge on any atom is 0.216 e. The Labute approximate surface area is 136 Å². The zero-order chi connectivity index (χ0) is 15.5. The molecule has 2 heterocycles. The minimum absolute atomic E-state index is 0.0514. The number of halogens is 3. The van der Waals surface area contributed by atoms with Crippen LogP contribution in [0.15, 0.2) is 40.9 Å². The number of likely N-dealkylation sites (tertiary alicyclic amines) is 1. The van der Waals surface area contributed by atoms with Gasteiger partial charge < -0.3 is 4.74 Å². The maximum atomic E-state index is 14.0. The number of ether oxygens (including phenoxy) is 1. The molecule has 0 N–H and O–H groups in total. The van der Waals surface area contributed by atoms with Crippen LogP contribution in [0.4, 0.5) is 8.78 Å². The number of benzene rings is 1. The third kappa shape index (κ3) is 3.62. The van der Waals surface area contributed by atoms with Crippen molar-refractivity contribution in [2.45, 2.75) is 19.1 Å². The van der Waals surface area contributed by atoms with Crippen molar-refractivity contribution in [3.05, 3.63) is 58.2 Å². The fourth-order valence-electron chi connectivity index (χ4n) is 2.57. The summed E-state index contributed by atoms with van der Waals surface area (Å²) in [5.74, 6) is -0.484. The van der Waals surface area contributed by atoms with Crippen molar-refractivity contribution in [1.82, 2.24) is 9.88 Å². The lowest BCUT2D eigenvalue weighted by Gasteiger charge is -2.17. The van der Waals surface area contributed by atoms with Gasteiger partial charge >= 0.3 is 0 Å². The minimum Gasteiger partial charge on any atom is -0.473 e. The number of nitrogens with zero attached hydrogens (tertiary/aromatic N) is 2. The first-order valence-corrected chi connectivity index (χ1v) is 7.85. The molecule has 0 amide bonds. The maximum absolute atomic E-state index is 14.0. The Hall–Kier alpha value is -1.53. The van der Waals surface area contributed by atoms with Crippen LogP contribution in [0.3, 0.4) is 0 Å². The molecule has 3 nitrogen and oxygen atoms in total. The van der Waals surface area contributed by atoms with Gasteiger partial charge in [0.2, 0.25) is 11.8 Å². The van der Waals surface area contributed by atoms with E-state index >= 15 is 0 Å². The van der Waals surface area contributed by atoms with Crippen molar-refractivity contribution in [3.63, 3.8) is 0 Å². The second-order valence-corrected chi connectivity index (χ2v) is 6.13. The van der Waals surface area contributed by atoms with E-state index in [1.807, 2.05) is 6.07 Å². The smallest absolute Gasteiger partial charge is 0.216 e. The molecule has 22 heavy (non-hydrogen) atoms. The molecule has 6 heteroatoms. The highest BCUT2D eigenvalue weighted by Gasteiger charge is 2.25. The molecule has 1 aliphatic rings. The van der Waals surface area contributed by atoms with E-state index in [0.29, 0.717) is 29.0 Å². The molecule has 1 aromatic carbocycles. The van der Waals surface area contributed by atoms with Gasteiger partial charge in [-0.25, -0.2) is 4.39 Å².